The van der Waals surface area contributed by atoms with Crippen LogP contribution in [0.5, 0.6) is 17.2 Å². The molecule has 2 aromatic carbocycles. The Labute approximate surface area is 263 Å². The van der Waals surface area contributed by atoms with Crippen molar-refractivity contribution in [3.63, 3.8) is 0 Å². The molecule has 0 saturated heterocycles. The Kier molecular flexibility index (Phi) is 11.4. The third kappa shape index (κ3) is 7.01. The lowest BCUT2D eigenvalue weighted by molar-refractivity contribution is 0.0910. The van der Waals surface area contributed by atoms with E-state index in [0.29, 0.717) is 28.5 Å². The molecule has 1 aliphatic heterocycles. The molecule has 10 nitrogen and oxygen atoms in total. The van der Waals surface area contributed by atoms with Crippen molar-refractivity contribution in [3.8, 4) is 17.2 Å². The molecule has 0 bridgehead atoms. The Morgan fingerprint density at radius 1 is 0.773 bits per heavy atom. The summed E-state index contributed by atoms with van der Waals surface area (Å²) in [6.45, 7) is 19.5. The molecule has 0 amide bonds. The van der Waals surface area contributed by atoms with Crippen LogP contribution in [0.1, 0.15) is 85.9 Å². The molecule has 1 atom stereocenters. The highest BCUT2D eigenvalue weighted by atomic mass is 31.2. The Morgan fingerprint density at radius 3 is 1.70 bits per heavy atom. The first-order chi connectivity index (χ1) is 20.5. The number of hydrogen-bond donors (Lipinski definition) is 1. The van der Waals surface area contributed by atoms with Gasteiger partial charge in [0.1, 0.15) is 17.2 Å². The summed E-state index contributed by atoms with van der Waals surface area (Å²) in [5.74, 6) is 1.35. The molecule has 1 heterocycles. The van der Waals surface area contributed by atoms with Crippen LogP contribution in [-0.2, 0) is 43.8 Å². The number of nitrogens with one attached hydrogen (secondary N) is 1. The third-order valence-electron chi connectivity index (χ3n) is 7.35. The zero-order valence-electron chi connectivity index (χ0n) is 28.4. The molecule has 0 spiro atoms. The van der Waals surface area contributed by atoms with E-state index >= 15 is 9.13 Å². The van der Waals surface area contributed by atoms with Crippen molar-refractivity contribution in [2.24, 2.45) is 0 Å². The monoisotopic (exact) mass is 655 g/mol. The SMILES string of the molecule is CCOP(=O)(OCC)C(C1(c2cc(OC)ccc2OC)Nc2cc(C(C)(C)C)cc(C(C)(C)C)c2O1)P(=O)(OCC)OCC. The number of hydrogen-bond acceptors (Lipinski definition) is 10. The quantitative estimate of drug-likeness (QED) is 0.198. The van der Waals surface area contributed by atoms with Crippen LogP contribution in [0.15, 0.2) is 30.3 Å². The van der Waals surface area contributed by atoms with Gasteiger partial charge in [0.25, 0.3) is 0 Å². The second-order valence-corrected chi connectivity index (χ2v) is 17.2. The number of anilines is 1. The van der Waals surface area contributed by atoms with Crippen LogP contribution >= 0.6 is 15.2 Å². The van der Waals surface area contributed by atoms with Crippen LogP contribution in [0, 0.1) is 0 Å². The molecule has 0 radical (unpaired) electrons. The predicted molar refractivity (Wildman–Crippen MR) is 175 cm³/mol. The minimum Gasteiger partial charge on any atom is -0.497 e. The summed E-state index contributed by atoms with van der Waals surface area (Å²) in [6, 6.07) is 9.29. The second-order valence-electron chi connectivity index (χ2n) is 12.6. The van der Waals surface area contributed by atoms with Crippen LogP contribution in [0.4, 0.5) is 5.69 Å². The van der Waals surface area contributed by atoms with Crippen LogP contribution < -0.4 is 19.5 Å². The lowest BCUT2D eigenvalue weighted by Gasteiger charge is -2.42. The molecule has 0 saturated carbocycles. The van der Waals surface area contributed by atoms with E-state index in [-0.39, 0.29) is 37.3 Å². The highest BCUT2D eigenvalue weighted by molar-refractivity contribution is 7.72. The van der Waals surface area contributed by atoms with Gasteiger partial charge in [-0.2, -0.15) is 0 Å². The second kappa shape index (κ2) is 13.7. The molecule has 12 heteroatoms. The van der Waals surface area contributed by atoms with Gasteiger partial charge in [0, 0.05) is 5.56 Å². The van der Waals surface area contributed by atoms with Gasteiger partial charge in [-0.25, -0.2) is 0 Å². The standard InChI is InChI=1S/C32H51NO9P2/c1-13-38-43(34,39-14-2)29(44(35,40-15-3)41-16-4)32(24-21-23(36-11)17-18-27(24)37-12)33-26-20-22(30(5,6)7)19-25(28(26)42-32)31(8,9)10/h17-21,29,33H,13-16H2,1-12H3. The van der Waals surface area contributed by atoms with Crippen LogP contribution in [0.3, 0.4) is 0 Å². The van der Waals surface area contributed by atoms with E-state index < -0.39 is 26.3 Å². The fourth-order valence-electron chi connectivity index (χ4n) is 5.39. The van der Waals surface area contributed by atoms with Crippen molar-refractivity contribution in [3.05, 3.63) is 47.0 Å². The maximum Gasteiger partial charge on any atom is 0.352 e. The van der Waals surface area contributed by atoms with Crippen LogP contribution in [-0.4, -0.2) is 46.0 Å². The maximum atomic E-state index is 15.1. The van der Waals surface area contributed by atoms with Gasteiger partial charge in [-0.05, 0) is 68.4 Å². The van der Waals surface area contributed by atoms with Gasteiger partial charge in [-0.3, -0.25) is 9.13 Å². The van der Waals surface area contributed by atoms with Gasteiger partial charge < -0.3 is 37.6 Å². The third-order valence-corrected chi connectivity index (χ3v) is 13.4. The molecule has 3 rings (SSSR count). The Bertz CT molecular complexity index is 1350. The summed E-state index contributed by atoms with van der Waals surface area (Å²) in [4.78, 5) is 0. The molecule has 1 N–H and O–H groups in total. The summed E-state index contributed by atoms with van der Waals surface area (Å²) in [5.41, 5.74) is 0.460. The van der Waals surface area contributed by atoms with Crippen LogP contribution in [0.25, 0.3) is 0 Å². The van der Waals surface area contributed by atoms with E-state index in [2.05, 4.69) is 52.9 Å². The average molecular weight is 656 g/mol. The van der Waals surface area contributed by atoms with Crippen molar-refractivity contribution in [2.75, 3.05) is 46.0 Å². The highest BCUT2D eigenvalue weighted by Gasteiger charge is 2.68. The van der Waals surface area contributed by atoms with E-state index in [4.69, 9.17) is 32.3 Å². The fourth-order valence-corrected chi connectivity index (χ4v) is 11.1. The molecule has 44 heavy (non-hydrogen) atoms. The first-order valence-electron chi connectivity index (χ1n) is 15.2. The largest absolute Gasteiger partial charge is 0.497 e. The van der Waals surface area contributed by atoms with E-state index in [1.165, 1.54) is 14.2 Å². The number of rotatable bonds is 14. The van der Waals surface area contributed by atoms with Gasteiger partial charge in [0.15, 0.2) is 0 Å². The topological polar surface area (TPSA) is 111 Å². The van der Waals surface area contributed by atoms with E-state index in [0.717, 1.165) is 11.1 Å². The molecule has 0 aliphatic carbocycles. The minimum absolute atomic E-state index is 0.00567. The molecule has 2 aromatic rings. The van der Waals surface area contributed by atoms with Crippen molar-refractivity contribution in [1.29, 1.82) is 0 Å². The lowest BCUT2D eigenvalue weighted by atomic mass is 9.80. The molecular formula is C32H51NO9P2. The molecule has 248 valence electrons. The Balaban J connectivity index is 2.60. The maximum absolute atomic E-state index is 15.1. The summed E-state index contributed by atoms with van der Waals surface area (Å²) in [6.07, 6.45) is 0. The molecule has 0 aromatic heterocycles. The van der Waals surface area contributed by atoms with Gasteiger partial charge in [0.05, 0.1) is 51.9 Å². The molecule has 1 unspecified atom stereocenters. The summed E-state index contributed by atoms with van der Waals surface area (Å²) >= 11 is 0. The number of benzene rings is 2. The van der Waals surface area contributed by atoms with E-state index in [1.807, 2.05) is 6.07 Å². The summed E-state index contributed by atoms with van der Waals surface area (Å²) in [5, 5.41) is 1.90. The average Bonchev–Trinajstić information content (AvgIpc) is 3.31. The lowest BCUT2D eigenvalue weighted by Crippen LogP contribution is -2.49. The van der Waals surface area contributed by atoms with Gasteiger partial charge in [0.2, 0.25) is 11.1 Å². The Hall–Kier alpha value is -2.06. The number of ether oxygens (including phenoxy) is 3. The smallest absolute Gasteiger partial charge is 0.352 e. The van der Waals surface area contributed by atoms with E-state index in [9.17, 15) is 0 Å². The normalized spacial score (nSPS) is 17.3. The highest BCUT2D eigenvalue weighted by Crippen LogP contribution is 2.76. The first-order valence-corrected chi connectivity index (χ1v) is 18.4. The van der Waals surface area contributed by atoms with Crippen molar-refractivity contribution < 1.29 is 41.4 Å². The number of fused-ring (bicyclic) bond motifs is 1. The van der Waals surface area contributed by atoms with Crippen molar-refractivity contribution in [2.45, 2.75) is 91.2 Å². The van der Waals surface area contributed by atoms with Crippen molar-refractivity contribution in [1.82, 2.24) is 0 Å². The number of methoxy groups -OCH3 is 2. The zero-order valence-corrected chi connectivity index (χ0v) is 30.2. The fraction of sp³-hybridized carbons (Fsp3) is 0.625. The molecule has 0 fully saturated rings. The van der Waals surface area contributed by atoms with Crippen molar-refractivity contribution >= 4 is 20.9 Å². The summed E-state index contributed by atoms with van der Waals surface area (Å²) in [7, 11) is -5.68. The molecule has 1 aliphatic rings. The zero-order chi connectivity index (χ0) is 33.1. The van der Waals surface area contributed by atoms with Crippen LogP contribution in [0.2, 0.25) is 0 Å². The van der Waals surface area contributed by atoms with Gasteiger partial charge >= 0.3 is 15.2 Å². The van der Waals surface area contributed by atoms with E-state index in [1.54, 1.807) is 45.9 Å². The minimum atomic E-state index is -4.37. The molecular weight excluding hydrogens is 604 g/mol. The first kappa shape index (κ1) is 36.4. The predicted octanol–water partition coefficient (Wildman–Crippen LogP) is 8.81. The van der Waals surface area contributed by atoms with Gasteiger partial charge in [-0.1, -0.05) is 47.6 Å². The van der Waals surface area contributed by atoms with Gasteiger partial charge in [-0.15, -0.1) is 0 Å². The summed E-state index contributed by atoms with van der Waals surface area (Å²) < 4.78 is 72.6. The Morgan fingerprint density at radius 2 is 1.30 bits per heavy atom.